The quantitative estimate of drug-likeness (QED) is 0.182. The smallest absolute Gasteiger partial charge is 0.407 e. The van der Waals surface area contributed by atoms with Gasteiger partial charge in [0.1, 0.15) is 47.5 Å². The number of benzene rings is 2. The number of pyridine rings is 1. The number of nitrogens with one attached hydrogen (secondary N) is 1. The summed E-state index contributed by atoms with van der Waals surface area (Å²) >= 11 is 0. The van der Waals surface area contributed by atoms with Crippen LogP contribution in [0.4, 0.5) is 23.8 Å². The fraction of sp³-hybridized carbons (Fsp3) is 0.444. The number of fused-ring (bicyclic) bond motifs is 3. The molecule has 7 rings (SSSR count). The SMILES string of the molecule is C#Cc1c(F)ccc2cc(OCOC)cc(-c3ncc4c(N5CCC[C@@H](OC(=O)NC)C5)nc(OC[C@@]56CCCN5C[C@H](F)C6)nc4c3F)c12. The Balaban J connectivity index is 1.36. The second-order valence-corrected chi connectivity index (χ2v) is 12.9. The lowest BCUT2D eigenvalue weighted by molar-refractivity contribution is 0.0512. The normalized spacial score (nSPS) is 22.0. The topological polar surface area (TPSA) is 111 Å². The molecule has 0 radical (unpaired) electrons. The largest absolute Gasteiger partial charge is 0.468 e. The van der Waals surface area contributed by atoms with E-state index < -0.39 is 35.5 Å². The second-order valence-electron chi connectivity index (χ2n) is 12.9. The first-order valence-corrected chi connectivity index (χ1v) is 16.6. The molecule has 5 heterocycles. The Bertz CT molecular complexity index is 1990. The third kappa shape index (κ3) is 6.20. The van der Waals surface area contributed by atoms with Crippen molar-refractivity contribution in [3.63, 3.8) is 0 Å². The fourth-order valence-electron chi connectivity index (χ4n) is 7.55. The molecule has 3 aliphatic rings. The highest BCUT2D eigenvalue weighted by Gasteiger charge is 2.49. The van der Waals surface area contributed by atoms with Gasteiger partial charge in [-0.2, -0.15) is 9.97 Å². The van der Waals surface area contributed by atoms with Gasteiger partial charge in [-0.1, -0.05) is 12.0 Å². The van der Waals surface area contributed by atoms with Gasteiger partial charge >= 0.3 is 12.1 Å². The fourth-order valence-corrected chi connectivity index (χ4v) is 7.55. The molecule has 1 amide bonds. The van der Waals surface area contributed by atoms with Gasteiger partial charge in [0.15, 0.2) is 12.6 Å². The minimum absolute atomic E-state index is 0.0527. The predicted molar refractivity (Wildman–Crippen MR) is 180 cm³/mol. The van der Waals surface area contributed by atoms with Crippen LogP contribution < -0.4 is 19.7 Å². The monoisotopic (exact) mass is 690 g/mol. The van der Waals surface area contributed by atoms with Crippen LogP contribution in [0.15, 0.2) is 30.5 Å². The first kappa shape index (κ1) is 33.6. The van der Waals surface area contributed by atoms with Gasteiger partial charge in [-0.3, -0.25) is 9.88 Å². The number of terminal acetylenes is 1. The number of carbonyl (C=O) groups excluding carboxylic acids is 1. The van der Waals surface area contributed by atoms with Gasteiger partial charge in [-0.15, -0.1) is 6.42 Å². The van der Waals surface area contributed by atoms with Gasteiger partial charge < -0.3 is 29.2 Å². The molecule has 3 saturated heterocycles. The molecule has 3 fully saturated rings. The summed E-state index contributed by atoms with van der Waals surface area (Å²) in [6.07, 6.45) is 8.59. The van der Waals surface area contributed by atoms with Crippen LogP contribution in [0.5, 0.6) is 11.8 Å². The van der Waals surface area contributed by atoms with Gasteiger partial charge in [-0.05, 0) is 55.8 Å². The van der Waals surface area contributed by atoms with E-state index in [9.17, 15) is 9.18 Å². The van der Waals surface area contributed by atoms with Crippen molar-refractivity contribution in [3.05, 3.63) is 47.7 Å². The van der Waals surface area contributed by atoms with E-state index in [1.807, 2.05) is 4.90 Å². The van der Waals surface area contributed by atoms with Gasteiger partial charge in [0.25, 0.3) is 0 Å². The number of methoxy groups -OCH3 is 1. The number of halogens is 3. The van der Waals surface area contributed by atoms with Crippen LogP contribution in [0.3, 0.4) is 0 Å². The number of ether oxygens (including phenoxy) is 4. The summed E-state index contributed by atoms with van der Waals surface area (Å²) in [5.74, 6) is 1.62. The number of carbonyl (C=O) groups is 1. The van der Waals surface area contributed by atoms with E-state index in [2.05, 4.69) is 26.1 Å². The van der Waals surface area contributed by atoms with Gasteiger partial charge in [0, 0.05) is 50.8 Å². The van der Waals surface area contributed by atoms with Gasteiger partial charge in [-0.25, -0.2) is 18.0 Å². The summed E-state index contributed by atoms with van der Waals surface area (Å²) in [5.41, 5.74) is -0.577. The van der Waals surface area contributed by atoms with Crippen LogP contribution in [0, 0.1) is 24.0 Å². The van der Waals surface area contributed by atoms with E-state index >= 15 is 8.78 Å². The number of hydrogen-bond acceptors (Lipinski definition) is 10. The predicted octanol–water partition coefficient (Wildman–Crippen LogP) is 5.37. The Morgan fingerprint density at radius 3 is 2.82 bits per heavy atom. The Kier molecular flexibility index (Phi) is 9.28. The number of alkyl carbamates (subject to hydrolysis) is 1. The third-order valence-electron chi connectivity index (χ3n) is 9.81. The second kappa shape index (κ2) is 13.8. The number of nitrogens with zero attached hydrogens (tertiary/aromatic N) is 5. The molecule has 0 bridgehead atoms. The summed E-state index contributed by atoms with van der Waals surface area (Å²) < 4.78 is 69.2. The van der Waals surface area contributed by atoms with E-state index in [1.165, 1.54) is 38.6 Å². The summed E-state index contributed by atoms with van der Waals surface area (Å²) in [4.78, 5) is 29.9. The highest BCUT2D eigenvalue weighted by molar-refractivity contribution is 6.03. The zero-order valence-corrected chi connectivity index (χ0v) is 27.8. The summed E-state index contributed by atoms with van der Waals surface area (Å²) in [6.45, 7) is 2.00. The van der Waals surface area contributed by atoms with Crippen LogP contribution >= 0.6 is 0 Å². The molecule has 3 aliphatic heterocycles. The molecule has 50 heavy (non-hydrogen) atoms. The Hall–Kier alpha value is -4.87. The molecule has 0 saturated carbocycles. The molecular formula is C36H37F3N6O5. The van der Waals surface area contributed by atoms with Crippen LogP contribution in [0.1, 0.15) is 37.7 Å². The summed E-state index contributed by atoms with van der Waals surface area (Å²) in [5, 5.41) is 3.56. The number of anilines is 1. The first-order chi connectivity index (χ1) is 24.2. The van der Waals surface area contributed by atoms with Crippen LogP contribution in [-0.2, 0) is 9.47 Å². The third-order valence-corrected chi connectivity index (χ3v) is 9.81. The van der Waals surface area contributed by atoms with E-state index in [4.69, 9.17) is 30.4 Å². The molecule has 11 nitrogen and oxygen atoms in total. The number of piperidine rings is 1. The van der Waals surface area contributed by atoms with Crippen molar-refractivity contribution < 1.29 is 36.9 Å². The van der Waals surface area contributed by atoms with Gasteiger partial charge in [0.05, 0.1) is 23.0 Å². The maximum absolute atomic E-state index is 17.1. The van der Waals surface area contributed by atoms with Crippen molar-refractivity contribution in [2.75, 3.05) is 58.6 Å². The van der Waals surface area contributed by atoms with Gasteiger partial charge in [0.2, 0.25) is 0 Å². The van der Waals surface area contributed by atoms with Crippen LogP contribution in [-0.4, -0.2) is 97.5 Å². The molecular weight excluding hydrogens is 653 g/mol. The van der Waals surface area contributed by atoms with Crippen molar-refractivity contribution in [1.29, 1.82) is 0 Å². The highest BCUT2D eigenvalue weighted by Crippen LogP contribution is 2.42. The highest BCUT2D eigenvalue weighted by atomic mass is 19.1. The molecule has 262 valence electrons. The Labute approximate surface area is 287 Å². The number of alkyl halides is 1. The molecule has 4 aromatic rings. The molecule has 2 aromatic carbocycles. The molecule has 3 atom stereocenters. The minimum atomic E-state index is -0.958. The van der Waals surface area contributed by atoms with Crippen LogP contribution in [0.25, 0.3) is 32.9 Å². The van der Waals surface area contributed by atoms with E-state index in [0.717, 1.165) is 19.4 Å². The maximum Gasteiger partial charge on any atom is 0.407 e. The van der Waals surface area contributed by atoms with Crippen molar-refractivity contribution in [3.8, 4) is 35.4 Å². The minimum Gasteiger partial charge on any atom is -0.468 e. The Morgan fingerprint density at radius 1 is 1.16 bits per heavy atom. The first-order valence-electron chi connectivity index (χ1n) is 16.6. The molecule has 2 aromatic heterocycles. The number of aromatic nitrogens is 3. The zero-order valence-electron chi connectivity index (χ0n) is 27.8. The zero-order chi connectivity index (χ0) is 35.0. The maximum atomic E-state index is 17.1. The number of amides is 1. The number of rotatable bonds is 9. The molecule has 1 N–H and O–H groups in total. The summed E-state index contributed by atoms with van der Waals surface area (Å²) in [7, 11) is 2.96. The lowest BCUT2D eigenvalue weighted by Crippen LogP contribution is -2.44. The molecule has 14 heteroatoms. The van der Waals surface area contributed by atoms with Crippen molar-refractivity contribution in [2.45, 2.75) is 49.9 Å². The van der Waals surface area contributed by atoms with Crippen molar-refractivity contribution >= 4 is 33.6 Å². The van der Waals surface area contributed by atoms with E-state index in [0.29, 0.717) is 54.7 Å². The Morgan fingerprint density at radius 2 is 2.02 bits per heavy atom. The lowest BCUT2D eigenvalue weighted by atomic mass is 9.95. The van der Waals surface area contributed by atoms with Crippen molar-refractivity contribution in [1.82, 2.24) is 25.2 Å². The lowest BCUT2D eigenvalue weighted by Gasteiger charge is -2.34. The van der Waals surface area contributed by atoms with Crippen molar-refractivity contribution in [2.24, 2.45) is 0 Å². The molecule has 0 spiro atoms. The van der Waals surface area contributed by atoms with Crippen LogP contribution in [0.2, 0.25) is 0 Å². The molecule has 0 aliphatic carbocycles. The van der Waals surface area contributed by atoms with E-state index in [-0.39, 0.29) is 53.7 Å². The van der Waals surface area contributed by atoms with E-state index in [1.54, 1.807) is 6.07 Å². The average molecular weight is 691 g/mol. The standard InChI is InChI=1S/C36H37F3N6O5/c1-4-25-28(38)9-8-21-13-24(49-20-47-3)14-26(29(21)25)31-30(39)32-27(16-41-31)33(44-11-5-7-23(18-44)50-35(46)40-2)43-34(42-32)48-19-36-10-6-12-45(36)17-22(37)15-36/h1,8-9,13-14,16,22-23H,5-7,10-12,15,17-20H2,2-3H3,(H,40,46)/t22-,23-,36+/m1/s1. The number of hydrogen-bond donors (Lipinski definition) is 1. The average Bonchev–Trinajstić information content (AvgIpc) is 3.65. The summed E-state index contributed by atoms with van der Waals surface area (Å²) in [6, 6.07) is 5.89. The molecule has 0 unspecified atom stereocenters.